The molecule has 0 fully saturated rings. The molecule has 0 aromatic heterocycles. The second-order valence-corrected chi connectivity index (χ2v) is 8.64. The summed E-state index contributed by atoms with van der Waals surface area (Å²) in [5, 5.41) is 0. The van der Waals surface area contributed by atoms with Gasteiger partial charge in [0.15, 0.2) is 11.6 Å². The first-order valence-corrected chi connectivity index (χ1v) is 11.2. The van der Waals surface area contributed by atoms with Gasteiger partial charge < -0.3 is 9.47 Å². The van der Waals surface area contributed by atoms with E-state index < -0.39 is 0 Å². The zero-order chi connectivity index (χ0) is 22.3. The molecule has 0 aliphatic rings. The summed E-state index contributed by atoms with van der Waals surface area (Å²) >= 11 is 0. The van der Waals surface area contributed by atoms with Crippen LogP contribution in [-0.2, 0) is 11.8 Å². The van der Waals surface area contributed by atoms with Crippen molar-refractivity contribution in [2.45, 2.75) is 64.9 Å². The summed E-state index contributed by atoms with van der Waals surface area (Å²) in [6, 6.07) is 23.0. The average Bonchev–Trinajstić information content (AvgIpc) is 2.76. The molecule has 0 saturated heterocycles. The highest BCUT2D eigenvalue weighted by Crippen LogP contribution is 2.34. The smallest absolute Gasteiger partial charge is 0.165 e. The van der Waals surface area contributed by atoms with Crippen LogP contribution in [0.2, 0.25) is 0 Å². The summed E-state index contributed by atoms with van der Waals surface area (Å²) in [5.41, 5.74) is 2.52. The topological polar surface area (TPSA) is 18.5 Å². The van der Waals surface area contributed by atoms with Gasteiger partial charge >= 0.3 is 0 Å². The Hall–Kier alpha value is -2.81. The Labute approximate surface area is 186 Å². The minimum atomic E-state index is -0.338. The maximum absolute atomic E-state index is 14.2. The number of aryl methyl sites for hydroxylation is 1. The number of para-hydroxylation sites is 1. The fourth-order valence-corrected chi connectivity index (χ4v) is 3.81. The highest BCUT2D eigenvalue weighted by atomic mass is 19.1. The van der Waals surface area contributed by atoms with Gasteiger partial charge in [-0.25, -0.2) is 4.39 Å². The summed E-state index contributed by atoms with van der Waals surface area (Å²) in [6.45, 7) is 8.63. The van der Waals surface area contributed by atoms with Crippen LogP contribution in [0.1, 0.15) is 58.1 Å². The third-order valence-corrected chi connectivity index (χ3v) is 5.86. The van der Waals surface area contributed by atoms with Crippen LogP contribution in [-0.4, -0.2) is 6.10 Å². The summed E-state index contributed by atoms with van der Waals surface area (Å²) in [7, 11) is 0. The number of halogens is 1. The lowest BCUT2D eigenvalue weighted by Gasteiger charge is -2.29. The molecule has 0 saturated carbocycles. The zero-order valence-corrected chi connectivity index (χ0v) is 19.0. The van der Waals surface area contributed by atoms with Crippen LogP contribution in [0.3, 0.4) is 0 Å². The van der Waals surface area contributed by atoms with E-state index in [4.69, 9.17) is 9.47 Å². The third-order valence-electron chi connectivity index (χ3n) is 5.86. The second kappa shape index (κ2) is 10.5. The molecule has 0 spiro atoms. The molecular weight excluding hydrogens is 387 g/mol. The molecule has 0 heterocycles. The molecule has 3 aromatic rings. The van der Waals surface area contributed by atoms with E-state index >= 15 is 0 Å². The first-order chi connectivity index (χ1) is 14.9. The maximum Gasteiger partial charge on any atom is 0.165 e. The highest BCUT2D eigenvalue weighted by molar-refractivity contribution is 5.36. The van der Waals surface area contributed by atoms with Gasteiger partial charge in [-0.05, 0) is 92.5 Å². The van der Waals surface area contributed by atoms with E-state index in [0.717, 1.165) is 37.0 Å². The van der Waals surface area contributed by atoms with E-state index in [1.807, 2.05) is 56.3 Å². The highest BCUT2D eigenvalue weighted by Gasteiger charge is 2.24. The van der Waals surface area contributed by atoms with Crippen LogP contribution >= 0.6 is 0 Å². The SMILES string of the molecule is CCC(C)(CCCc1ccc(F)c(Oc2ccccc2)c1)c1ccc(OC(C)C)cc1. The first kappa shape index (κ1) is 22.9. The summed E-state index contributed by atoms with van der Waals surface area (Å²) in [6.07, 6.45) is 4.19. The number of rotatable bonds is 10. The van der Waals surface area contributed by atoms with Gasteiger partial charge in [0.1, 0.15) is 11.5 Å². The fraction of sp³-hybridized carbons (Fsp3) is 0.357. The van der Waals surface area contributed by atoms with E-state index in [-0.39, 0.29) is 23.1 Å². The van der Waals surface area contributed by atoms with Crippen LogP contribution < -0.4 is 9.47 Å². The molecule has 2 nitrogen and oxygen atoms in total. The predicted molar refractivity (Wildman–Crippen MR) is 126 cm³/mol. The monoisotopic (exact) mass is 420 g/mol. The number of hydrogen-bond donors (Lipinski definition) is 0. The van der Waals surface area contributed by atoms with Gasteiger partial charge in [-0.15, -0.1) is 0 Å². The van der Waals surface area contributed by atoms with Crippen molar-refractivity contribution < 1.29 is 13.9 Å². The van der Waals surface area contributed by atoms with Gasteiger partial charge in [-0.1, -0.05) is 50.2 Å². The van der Waals surface area contributed by atoms with Gasteiger partial charge in [-0.2, -0.15) is 0 Å². The molecular formula is C28H33FO2. The fourth-order valence-electron chi connectivity index (χ4n) is 3.81. The molecule has 0 N–H and O–H groups in total. The lowest BCUT2D eigenvalue weighted by atomic mass is 9.76. The Morgan fingerprint density at radius 1 is 0.903 bits per heavy atom. The van der Waals surface area contributed by atoms with Crippen LogP contribution in [0.25, 0.3) is 0 Å². The van der Waals surface area contributed by atoms with E-state index in [1.165, 1.54) is 11.6 Å². The van der Waals surface area contributed by atoms with Gasteiger partial charge in [0, 0.05) is 0 Å². The van der Waals surface area contributed by atoms with E-state index in [0.29, 0.717) is 5.75 Å². The molecule has 164 valence electrons. The summed E-state index contributed by atoms with van der Waals surface area (Å²) in [4.78, 5) is 0. The molecule has 3 heteroatoms. The normalized spacial score (nSPS) is 13.1. The molecule has 0 amide bonds. The average molecular weight is 421 g/mol. The van der Waals surface area contributed by atoms with E-state index in [9.17, 15) is 4.39 Å². The molecule has 0 radical (unpaired) electrons. The van der Waals surface area contributed by atoms with Crippen LogP contribution in [0.4, 0.5) is 4.39 Å². The van der Waals surface area contributed by atoms with Gasteiger partial charge in [-0.3, -0.25) is 0 Å². The van der Waals surface area contributed by atoms with Crippen molar-refractivity contribution in [3.05, 3.63) is 89.7 Å². The molecule has 3 rings (SSSR count). The lowest BCUT2D eigenvalue weighted by molar-refractivity contribution is 0.242. The van der Waals surface area contributed by atoms with Gasteiger partial charge in [0.05, 0.1) is 6.10 Å². The Balaban J connectivity index is 1.63. The van der Waals surface area contributed by atoms with Crippen molar-refractivity contribution in [1.29, 1.82) is 0 Å². The Morgan fingerprint density at radius 3 is 2.26 bits per heavy atom. The standard InChI is InChI=1S/C28H33FO2/c1-5-28(4,23-14-16-25(17-15-23)30-21(2)3)19-9-10-22-13-18-26(29)27(20-22)31-24-11-7-6-8-12-24/h6-8,11-18,20-21H,5,9-10,19H2,1-4H3. The first-order valence-electron chi connectivity index (χ1n) is 11.2. The number of ether oxygens (including phenoxy) is 2. The Kier molecular flexibility index (Phi) is 7.73. The van der Waals surface area contributed by atoms with Crippen LogP contribution in [0, 0.1) is 5.82 Å². The Bertz CT molecular complexity index is 951. The third kappa shape index (κ3) is 6.33. The minimum Gasteiger partial charge on any atom is -0.491 e. The zero-order valence-electron chi connectivity index (χ0n) is 19.0. The molecule has 0 aliphatic carbocycles. The van der Waals surface area contributed by atoms with Crippen molar-refractivity contribution in [3.63, 3.8) is 0 Å². The molecule has 1 atom stereocenters. The summed E-state index contributed by atoms with van der Waals surface area (Å²) < 4.78 is 25.7. The van der Waals surface area contributed by atoms with Crippen molar-refractivity contribution >= 4 is 0 Å². The number of benzene rings is 3. The second-order valence-electron chi connectivity index (χ2n) is 8.64. The number of hydrogen-bond acceptors (Lipinski definition) is 2. The van der Waals surface area contributed by atoms with E-state index in [2.05, 4.69) is 38.1 Å². The van der Waals surface area contributed by atoms with Crippen LogP contribution in [0.15, 0.2) is 72.8 Å². The molecule has 3 aromatic carbocycles. The maximum atomic E-state index is 14.2. The molecule has 0 aliphatic heterocycles. The van der Waals surface area contributed by atoms with Gasteiger partial charge in [0.25, 0.3) is 0 Å². The van der Waals surface area contributed by atoms with E-state index in [1.54, 1.807) is 0 Å². The van der Waals surface area contributed by atoms with Crippen molar-refractivity contribution in [2.75, 3.05) is 0 Å². The largest absolute Gasteiger partial charge is 0.491 e. The van der Waals surface area contributed by atoms with Crippen molar-refractivity contribution in [3.8, 4) is 17.2 Å². The van der Waals surface area contributed by atoms with Crippen molar-refractivity contribution in [1.82, 2.24) is 0 Å². The van der Waals surface area contributed by atoms with Crippen LogP contribution in [0.5, 0.6) is 17.2 Å². The summed E-state index contributed by atoms with van der Waals surface area (Å²) in [5.74, 6) is 1.49. The lowest BCUT2D eigenvalue weighted by Crippen LogP contribution is -2.21. The molecule has 0 bridgehead atoms. The molecule has 1 unspecified atom stereocenters. The Morgan fingerprint density at radius 2 is 1.61 bits per heavy atom. The van der Waals surface area contributed by atoms with Crippen molar-refractivity contribution in [2.24, 2.45) is 0 Å². The quantitative estimate of drug-likeness (QED) is 0.330. The minimum absolute atomic E-state index is 0.0970. The molecule has 31 heavy (non-hydrogen) atoms. The predicted octanol–water partition coefficient (Wildman–Crippen LogP) is 8.10. The van der Waals surface area contributed by atoms with Gasteiger partial charge in [0.2, 0.25) is 0 Å².